The van der Waals surface area contributed by atoms with Crippen LogP contribution < -0.4 is 5.32 Å². The van der Waals surface area contributed by atoms with E-state index in [1.165, 1.54) is 4.90 Å². The summed E-state index contributed by atoms with van der Waals surface area (Å²) in [4.78, 5) is 25.1. The third kappa shape index (κ3) is 3.76. The lowest BCUT2D eigenvalue weighted by atomic mass is 10.1. The second-order valence-corrected chi connectivity index (χ2v) is 5.52. The number of carbonyl (C=O) groups is 2. The number of likely N-dealkylation sites (N-methyl/N-ethyl adjacent to an activating group) is 1. The molecule has 1 aromatic rings. The predicted molar refractivity (Wildman–Crippen MR) is 76.9 cm³/mol. The third-order valence-electron chi connectivity index (χ3n) is 3.61. The summed E-state index contributed by atoms with van der Waals surface area (Å²) in [5.41, 5.74) is -0.844. The maximum absolute atomic E-state index is 13.6. The van der Waals surface area contributed by atoms with Crippen LogP contribution in [-0.4, -0.2) is 54.7 Å². The van der Waals surface area contributed by atoms with E-state index < -0.39 is 41.1 Å². The molecule has 0 aromatic heterocycles. The van der Waals surface area contributed by atoms with E-state index >= 15 is 0 Å². The molecule has 2 N–H and O–H groups in total. The number of phenolic OH excluding ortho intramolecular Hbond substituents is 1. The van der Waals surface area contributed by atoms with Gasteiger partial charge in [-0.15, -0.1) is 0 Å². The van der Waals surface area contributed by atoms with Crippen LogP contribution in [-0.2, 0) is 9.53 Å². The van der Waals surface area contributed by atoms with Gasteiger partial charge in [0.25, 0.3) is 11.8 Å². The van der Waals surface area contributed by atoms with Gasteiger partial charge in [0.2, 0.25) is 0 Å². The average Bonchev–Trinajstić information content (AvgIpc) is 2.97. The second kappa shape index (κ2) is 6.91. The van der Waals surface area contributed by atoms with Crippen LogP contribution in [0.2, 0.25) is 0 Å². The number of aromatic hydroxyl groups is 1. The quantitative estimate of drug-likeness (QED) is 0.865. The zero-order valence-corrected chi connectivity index (χ0v) is 12.8. The van der Waals surface area contributed by atoms with Crippen molar-refractivity contribution in [3.63, 3.8) is 0 Å². The van der Waals surface area contributed by atoms with Crippen molar-refractivity contribution < 1.29 is 28.2 Å². The summed E-state index contributed by atoms with van der Waals surface area (Å²) in [6.45, 7) is 0.0184. The topological polar surface area (TPSA) is 78.9 Å². The number of hydrogen-bond acceptors (Lipinski definition) is 4. The molecule has 2 atom stereocenters. The first-order valence-corrected chi connectivity index (χ1v) is 7.13. The van der Waals surface area contributed by atoms with Gasteiger partial charge in [-0.3, -0.25) is 9.59 Å². The molecule has 0 spiro atoms. The summed E-state index contributed by atoms with van der Waals surface area (Å²) < 4.78 is 32.7. The van der Waals surface area contributed by atoms with Gasteiger partial charge in [0, 0.05) is 20.6 Å². The molecule has 1 aliphatic heterocycles. The molecule has 1 aromatic carbocycles. The Morgan fingerprint density at radius 1 is 1.35 bits per heavy atom. The number of benzene rings is 1. The smallest absolute Gasteiger partial charge is 0.257 e. The Balaban J connectivity index is 1.94. The summed E-state index contributed by atoms with van der Waals surface area (Å²) in [7, 11) is 3.24. The molecule has 1 fully saturated rings. The highest BCUT2D eigenvalue weighted by atomic mass is 19.1. The molecule has 2 amide bonds. The van der Waals surface area contributed by atoms with Gasteiger partial charge in [-0.2, -0.15) is 0 Å². The van der Waals surface area contributed by atoms with E-state index in [1.54, 1.807) is 14.1 Å². The number of rotatable bonds is 4. The molecule has 126 valence electrons. The van der Waals surface area contributed by atoms with Crippen LogP contribution in [0, 0.1) is 11.6 Å². The van der Waals surface area contributed by atoms with Gasteiger partial charge in [0.05, 0.1) is 6.10 Å². The van der Waals surface area contributed by atoms with Gasteiger partial charge in [-0.05, 0) is 25.0 Å². The fourth-order valence-electron chi connectivity index (χ4n) is 2.37. The van der Waals surface area contributed by atoms with Crippen LogP contribution in [0.4, 0.5) is 8.78 Å². The van der Waals surface area contributed by atoms with Crippen LogP contribution in [0.1, 0.15) is 23.2 Å². The van der Waals surface area contributed by atoms with E-state index in [9.17, 15) is 23.5 Å². The van der Waals surface area contributed by atoms with Gasteiger partial charge in [0.1, 0.15) is 17.5 Å². The first-order valence-electron chi connectivity index (χ1n) is 7.13. The standard InChI is InChI=1S/C15H18F2N2O4/c1-19(2)15(22)11-6-3-8(23-11)7-18-14(21)12-9(16)4-5-10(20)13(12)17/h4-5,8,11,20H,3,6-7H2,1-2H3,(H,18,21). The molecule has 0 radical (unpaired) electrons. The highest BCUT2D eigenvalue weighted by molar-refractivity contribution is 5.95. The number of halogens is 2. The van der Waals surface area contributed by atoms with Crippen molar-refractivity contribution in [1.82, 2.24) is 10.2 Å². The molecule has 2 unspecified atom stereocenters. The Hall–Kier alpha value is -2.22. The first-order chi connectivity index (χ1) is 10.8. The minimum absolute atomic E-state index is 0.0184. The van der Waals surface area contributed by atoms with Crippen molar-refractivity contribution in [3.8, 4) is 5.75 Å². The first kappa shape index (κ1) is 17.1. The van der Waals surface area contributed by atoms with Crippen LogP contribution in [0.5, 0.6) is 5.75 Å². The number of ether oxygens (including phenoxy) is 1. The monoisotopic (exact) mass is 328 g/mol. The molecule has 2 rings (SSSR count). The molecule has 23 heavy (non-hydrogen) atoms. The maximum Gasteiger partial charge on any atom is 0.257 e. The molecule has 0 saturated carbocycles. The number of amides is 2. The number of nitrogens with one attached hydrogen (secondary N) is 1. The Kier molecular flexibility index (Phi) is 5.15. The Labute approximate surface area is 132 Å². The zero-order valence-electron chi connectivity index (χ0n) is 12.8. The van der Waals surface area contributed by atoms with E-state index in [2.05, 4.69) is 5.32 Å². The zero-order chi connectivity index (χ0) is 17.1. The van der Waals surface area contributed by atoms with Crippen LogP contribution >= 0.6 is 0 Å². The van der Waals surface area contributed by atoms with Gasteiger partial charge in [0.15, 0.2) is 11.6 Å². The van der Waals surface area contributed by atoms with Gasteiger partial charge < -0.3 is 20.1 Å². The van der Waals surface area contributed by atoms with E-state index in [-0.39, 0.29) is 12.5 Å². The molecule has 8 heteroatoms. The highest BCUT2D eigenvalue weighted by Gasteiger charge is 2.32. The average molecular weight is 328 g/mol. The van der Waals surface area contributed by atoms with E-state index in [4.69, 9.17) is 4.74 Å². The number of carbonyl (C=O) groups excluding carboxylic acids is 2. The predicted octanol–water partition coefficient (Wildman–Crippen LogP) is 1.04. The second-order valence-electron chi connectivity index (χ2n) is 5.52. The largest absolute Gasteiger partial charge is 0.505 e. The summed E-state index contributed by atoms with van der Waals surface area (Å²) in [5.74, 6) is -4.32. The lowest BCUT2D eigenvalue weighted by Crippen LogP contribution is -2.36. The van der Waals surface area contributed by atoms with Crippen molar-refractivity contribution in [1.29, 1.82) is 0 Å². The van der Waals surface area contributed by atoms with E-state index in [1.807, 2.05) is 0 Å². The van der Waals surface area contributed by atoms with Crippen molar-refractivity contribution in [2.45, 2.75) is 25.0 Å². The normalized spacial score (nSPS) is 20.3. The Morgan fingerprint density at radius 2 is 2.04 bits per heavy atom. The van der Waals surface area contributed by atoms with Crippen LogP contribution in [0.3, 0.4) is 0 Å². The molecular formula is C15H18F2N2O4. The van der Waals surface area contributed by atoms with Crippen LogP contribution in [0.15, 0.2) is 12.1 Å². The molecular weight excluding hydrogens is 310 g/mol. The Morgan fingerprint density at radius 3 is 2.70 bits per heavy atom. The minimum Gasteiger partial charge on any atom is -0.505 e. The Bertz CT molecular complexity index is 622. The maximum atomic E-state index is 13.6. The molecule has 1 aliphatic rings. The fourth-order valence-corrected chi connectivity index (χ4v) is 2.37. The van der Waals surface area contributed by atoms with Gasteiger partial charge >= 0.3 is 0 Å². The molecule has 6 nitrogen and oxygen atoms in total. The summed E-state index contributed by atoms with van der Waals surface area (Å²) in [6.07, 6.45) is 0.0968. The molecule has 1 heterocycles. The summed E-state index contributed by atoms with van der Waals surface area (Å²) in [5, 5.41) is 11.6. The van der Waals surface area contributed by atoms with E-state index in [0.717, 1.165) is 12.1 Å². The molecule has 0 bridgehead atoms. The molecule has 0 aliphatic carbocycles. The van der Waals surface area contributed by atoms with Gasteiger partial charge in [-0.25, -0.2) is 8.78 Å². The van der Waals surface area contributed by atoms with Gasteiger partial charge in [-0.1, -0.05) is 0 Å². The molecule has 1 saturated heterocycles. The third-order valence-corrected chi connectivity index (χ3v) is 3.61. The number of phenols is 1. The lowest BCUT2D eigenvalue weighted by molar-refractivity contribution is -0.140. The van der Waals surface area contributed by atoms with E-state index in [0.29, 0.717) is 12.8 Å². The van der Waals surface area contributed by atoms with Crippen molar-refractivity contribution in [3.05, 3.63) is 29.3 Å². The number of nitrogens with zero attached hydrogens (tertiary/aromatic N) is 1. The van der Waals surface area contributed by atoms with Crippen molar-refractivity contribution in [2.75, 3.05) is 20.6 Å². The SMILES string of the molecule is CN(C)C(=O)C1CCC(CNC(=O)c2c(F)ccc(O)c2F)O1. The van der Waals surface area contributed by atoms with Crippen molar-refractivity contribution in [2.24, 2.45) is 0 Å². The van der Waals surface area contributed by atoms with Crippen LogP contribution in [0.25, 0.3) is 0 Å². The summed E-state index contributed by atoms with van der Waals surface area (Å²) in [6, 6.07) is 1.64. The summed E-state index contributed by atoms with van der Waals surface area (Å²) >= 11 is 0. The lowest BCUT2D eigenvalue weighted by Gasteiger charge is -2.17. The highest BCUT2D eigenvalue weighted by Crippen LogP contribution is 2.23. The fraction of sp³-hybridized carbons (Fsp3) is 0.467. The minimum atomic E-state index is -1.31. The van der Waals surface area contributed by atoms with Crippen molar-refractivity contribution >= 4 is 11.8 Å². The number of hydrogen-bond donors (Lipinski definition) is 2.